The Bertz CT molecular complexity index is 305. The maximum atomic E-state index is 5.77. The topological polar surface area (TPSA) is 42.1 Å². The third-order valence-corrected chi connectivity index (χ3v) is 3.61. The van der Waals surface area contributed by atoms with E-state index in [-0.39, 0.29) is 0 Å². The molecule has 1 aromatic heterocycles. The fourth-order valence-electron chi connectivity index (χ4n) is 2.71. The Labute approximate surface area is 104 Å². The summed E-state index contributed by atoms with van der Waals surface area (Å²) in [5.41, 5.74) is 7.14. The first kappa shape index (κ1) is 12.5. The molecule has 1 aliphatic heterocycles. The summed E-state index contributed by atoms with van der Waals surface area (Å²) in [6.45, 7) is 3.18. The number of aromatic nitrogens is 1. The predicted octanol–water partition coefficient (Wildman–Crippen LogP) is 2.35. The standard InChI is InChI=1S/C14H23N3/c15-8-5-14(13-6-9-16-10-7-13)17-11-3-1-2-4-12-17/h6-7,9-10,14H,1-5,8,11-12,15H2. The fraction of sp³-hybridized carbons (Fsp3) is 0.643. The molecule has 94 valence electrons. The third-order valence-electron chi connectivity index (χ3n) is 3.61. The molecule has 0 spiro atoms. The summed E-state index contributed by atoms with van der Waals surface area (Å²) in [4.78, 5) is 6.71. The highest BCUT2D eigenvalue weighted by Gasteiger charge is 2.20. The molecule has 0 radical (unpaired) electrons. The van der Waals surface area contributed by atoms with E-state index >= 15 is 0 Å². The molecule has 2 heterocycles. The molecule has 3 heteroatoms. The van der Waals surface area contributed by atoms with Crippen LogP contribution in [-0.2, 0) is 0 Å². The van der Waals surface area contributed by atoms with Gasteiger partial charge in [-0.05, 0) is 56.6 Å². The van der Waals surface area contributed by atoms with Gasteiger partial charge in [-0.1, -0.05) is 12.8 Å². The van der Waals surface area contributed by atoms with E-state index in [1.807, 2.05) is 12.4 Å². The molecule has 2 rings (SSSR count). The average Bonchev–Trinajstić information content (AvgIpc) is 2.66. The second-order valence-electron chi connectivity index (χ2n) is 4.82. The van der Waals surface area contributed by atoms with Crippen molar-refractivity contribution in [3.63, 3.8) is 0 Å². The van der Waals surface area contributed by atoms with Gasteiger partial charge in [0.15, 0.2) is 0 Å². The third kappa shape index (κ3) is 3.51. The van der Waals surface area contributed by atoms with Crippen molar-refractivity contribution in [3.8, 4) is 0 Å². The van der Waals surface area contributed by atoms with E-state index in [4.69, 9.17) is 5.73 Å². The van der Waals surface area contributed by atoms with Crippen LogP contribution in [0.2, 0.25) is 0 Å². The number of hydrogen-bond donors (Lipinski definition) is 1. The summed E-state index contributed by atoms with van der Waals surface area (Å²) < 4.78 is 0. The van der Waals surface area contributed by atoms with Crippen LogP contribution in [0.15, 0.2) is 24.5 Å². The molecule has 3 nitrogen and oxygen atoms in total. The Morgan fingerprint density at radius 3 is 2.35 bits per heavy atom. The number of rotatable bonds is 4. The number of likely N-dealkylation sites (tertiary alicyclic amines) is 1. The normalized spacial score (nSPS) is 19.8. The van der Waals surface area contributed by atoms with Gasteiger partial charge in [0.1, 0.15) is 0 Å². The fourth-order valence-corrected chi connectivity index (χ4v) is 2.71. The highest BCUT2D eigenvalue weighted by atomic mass is 15.2. The van der Waals surface area contributed by atoms with Crippen molar-refractivity contribution in [1.29, 1.82) is 0 Å². The molecular weight excluding hydrogens is 210 g/mol. The van der Waals surface area contributed by atoms with E-state index < -0.39 is 0 Å². The van der Waals surface area contributed by atoms with Gasteiger partial charge in [-0.2, -0.15) is 0 Å². The Balaban J connectivity index is 2.10. The summed E-state index contributed by atoms with van der Waals surface area (Å²) in [6.07, 6.45) is 10.2. The van der Waals surface area contributed by atoms with Gasteiger partial charge in [0.2, 0.25) is 0 Å². The van der Waals surface area contributed by atoms with Crippen LogP contribution in [0.25, 0.3) is 0 Å². The van der Waals surface area contributed by atoms with Crippen LogP contribution >= 0.6 is 0 Å². The van der Waals surface area contributed by atoms with Crippen molar-refractivity contribution in [2.24, 2.45) is 5.73 Å². The molecule has 1 atom stereocenters. The predicted molar refractivity (Wildman–Crippen MR) is 70.7 cm³/mol. The molecule has 0 saturated carbocycles. The van der Waals surface area contributed by atoms with Crippen LogP contribution < -0.4 is 5.73 Å². The summed E-state index contributed by atoms with van der Waals surface area (Å²) in [5, 5.41) is 0. The van der Waals surface area contributed by atoms with Crippen molar-refractivity contribution in [2.75, 3.05) is 19.6 Å². The lowest BCUT2D eigenvalue weighted by Gasteiger charge is -2.30. The molecule has 17 heavy (non-hydrogen) atoms. The summed E-state index contributed by atoms with van der Waals surface area (Å²) in [5.74, 6) is 0. The zero-order valence-corrected chi connectivity index (χ0v) is 10.5. The number of nitrogens with two attached hydrogens (primary N) is 1. The molecule has 0 amide bonds. The smallest absolute Gasteiger partial charge is 0.0361 e. The molecule has 1 aliphatic rings. The molecule has 1 aromatic rings. The van der Waals surface area contributed by atoms with Gasteiger partial charge in [0.25, 0.3) is 0 Å². The quantitative estimate of drug-likeness (QED) is 0.868. The molecular formula is C14H23N3. The van der Waals surface area contributed by atoms with Gasteiger partial charge in [0.05, 0.1) is 0 Å². The van der Waals surface area contributed by atoms with Crippen LogP contribution in [0, 0.1) is 0 Å². The number of pyridine rings is 1. The Kier molecular flexibility index (Phi) is 4.95. The molecule has 1 saturated heterocycles. The molecule has 1 unspecified atom stereocenters. The summed E-state index contributed by atoms with van der Waals surface area (Å²) in [7, 11) is 0. The van der Waals surface area contributed by atoms with E-state index in [1.165, 1.54) is 44.3 Å². The zero-order chi connectivity index (χ0) is 11.9. The highest BCUT2D eigenvalue weighted by molar-refractivity contribution is 5.15. The summed E-state index contributed by atoms with van der Waals surface area (Å²) in [6, 6.07) is 4.75. The SMILES string of the molecule is NCCC(c1ccncc1)N1CCCCCC1. The van der Waals surface area contributed by atoms with Gasteiger partial charge >= 0.3 is 0 Å². The Hall–Kier alpha value is -0.930. The summed E-state index contributed by atoms with van der Waals surface area (Å²) >= 11 is 0. The second-order valence-corrected chi connectivity index (χ2v) is 4.82. The highest BCUT2D eigenvalue weighted by Crippen LogP contribution is 2.26. The van der Waals surface area contributed by atoms with E-state index in [1.54, 1.807) is 0 Å². The minimum Gasteiger partial charge on any atom is -0.330 e. The maximum Gasteiger partial charge on any atom is 0.0361 e. The second kappa shape index (κ2) is 6.72. The van der Waals surface area contributed by atoms with Crippen LogP contribution in [0.3, 0.4) is 0 Å². The number of hydrogen-bond acceptors (Lipinski definition) is 3. The van der Waals surface area contributed by atoms with Crippen molar-refractivity contribution in [2.45, 2.75) is 38.1 Å². The minimum atomic E-state index is 0.487. The molecule has 0 bridgehead atoms. The average molecular weight is 233 g/mol. The van der Waals surface area contributed by atoms with Crippen molar-refractivity contribution >= 4 is 0 Å². The van der Waals surface area contributed by atoms with Crippen molar-refractivity contribution < 1.29 is 0 Å². The van der Waals surface area contributed by atoms with Crippen molar-refractivity contribution in [1.82, 2.24) is 9.88 Å². The first-order chi connectivity index (χ1) is 8.42. The largest absolute Gasteiger partial charge is 0.330 e. The van der Waals surface area contributed by atoms with Crippen LogP contribution in [0.5, 0.6) is 0 Å². The lowest BCUT2D eigenvalue weighted by molar-refractivity contribution is 0.197. The van der Waals surface area contributed by atoms with Crippen LogP contribution in [-0.4, -0.2) is 29.5 Å². The lowest BCUT2D eigenvalue weighted by atomic mass is 10.0. The molecule has 1 fully saturated rings. The van der Waals surface area contributed by atoms with Gasteiger partial charge in [-0.15, -0.1) is 0 Å². The zero-order valence-electron chi connectivity index (χ0n) is 10.5. The van der Waals surface area contributed by atoms with Gasteiger partial charge in [0, 0.05) is 18.4 Å². The van der Waals surface area contributed by atoms with Crippen LogP contribution in [0.4, 0.5) is 0 Å². The molecule has 0 aromatic carbocycles. The Morgan fingerprint density at radius 2 is 1.76 bits per heavy atom. The lowest BCUT2D eigenvalue weighted by Crippen LogP contribution is -2.31. The van der Waals surface area contributed by atoms with Crippen LogP contribution in [0.1, 0.15) is 43.7 Å². The monoisotopic (exact) mass is 233 g/mol. The Morgan fingerprint density at radius 1 is 1.12 bits per heavy atom. The van der Waals surface area contributed by atoms with E-state index in [0.29, 0.717) is 6.04 Å². The van der Waals surface area contributed by atoms with Crippen molar-refractivity contribution in [3.05, 3.63) is 30.1 Å². The molecule has 0 aliphatic carbocycles. The maximum absolute atomic E-state index is 5.77. The number of nitrogens with zero attached hydrogens (tertiary/aromatic N) is 2. The van der Waals surface area contributed by atoms with E-state index in [2.05, 4.69) is 22.0 Å². The first-order valence-electron chi connectivity index (χ1n) is 6.76. The first-order valence-corrected chi connectivity index (χ1v) is 6.76. The minimum absolute atomic E-state index is 0.487. The van der Waals surface area contributed by atoms with Gasteiger partial charge in [-0.3, -0.25) is 9.88 Å². The van der Waals surface area contributed by atoms with E-state index in [0.717, 1.165) is 13.0 Å². The van der Waals surface area contributed by atoms with E-state index in [9.17, 15) is 0 Å². The van der Waals surface area contributed by atoms with Gasteiger partial charge in [-0.25, -0.2) is 0 Å². The van der Waals surface area contributed by atoms with Gasteiger partial charge < -0.3 is 5.73 Å². The molecule has 2 N–H and O–H groups in total.